The van der Waals surface area contributed by atoms with Gasteiger partial charge in [-0.1, -0.05) is 0 Å². The number of hydrogen-bond donors (Lipinski definition) is 3. The molecule has 1 aromatic rings. The largest absolute Gasteiger partial charge is 0.357 e. The Morgan fingerprint density at radius 2 is 1.90 bits per heavy atom. The molecule has 0 unspecified atom stereocenters. The highest BCUT2D eigenvalue weighted by molar-refractivity contribution is 7.11. The van der Waals surface area contributed by atoms with Crippen LogP contribution in [0.5, 0.6) is 0 Å². The smallest absolute Gasteiger partial charge is 0.191 e. The Kier molecular flexibility index (Phi) is 7.11. The second kappa shape index (κ2) is 8.34. The van der Waals surface area contributed by atoms with Crippen LogP contribution in [0, 0.1) is 13.8 Å². The summed E-state index contributed by atoms with van der Waals surface area (Å²) in [5.74, 6) is 0.860. The molecule has 1 rings (SSSR count). The third kappa shape index (κ3) is 7.43. The summed E-state index contributed by atoms with van der Waals surface area (Å²) in [6.07, 6.45) is 0. The average molecular weight is 311 g/mol. The first-order valence-electron chi connectivity index (χ1n) is 7.52. The van der Waals surface area contributed by atoms with Gasteiger partial charge in [-0.15, -0.1) is 11.3 Å². The lowest BCUT2D eigenvalue weighted by atomic mass is 10.1. The molecule has 0 atom stereocenters. The molecule has 21 heavy (non-hydrogen) atoms. The molecule has 0 aliphatic rings. The number of rotatable bonds is 6. The number of hydrogen-bond acceptors (Lipinski definition) is 4. The maximum absolute atomic E-state index is 4.63. The molecular weight excluding hydrogens is 282 g/mol. The zero-order chi connectivity index (χ0) is 15.9. The Balaban J connectivity index is 2.48. The molecule has 0 amide bonds. The van der Waals surface area contributed by atoms with Crippen LogP contribution < -0.4 is 16.0 Å². The molecule has 0 aliphatic carbocycles. The number of thiazole rings is 1. The highest BCUT2D eigenvalue weighted by atomic mass is 32.1. The van der Waals surface area contributed by atoms with E-state index in [4.69, 9.17) is 0 Å². The van der Waals surface area contributed by atoms with Crippen molar-refractivity contribution in [3.8, 4) is 0 Å². The second-order valence-corrected chi connectivity index (χ2v) is 7.33. The fourth-order valence-electron chi connectivity index (χ4n) is 1.83. The number of aliphatic imine (C=N–C) groups is 1. The lowest BCUT2D eigenvalue weighted by Gasteiger charge is -2.21. The molecule has 0 bridgehead atoms. The monoisotopic (exact) mass is 311 g/mol. The SMILES string of the molecule is CCNC(=NCc1sc(C)nc1C)NCCNC(C)(C)C. The Hall–Kier alpha value is -1.14. The maximum atomic E-state index is 4.63. The molecule has 0 aliphatic heterocycles. The van der Waals surface area contributed by atoms with E-state index in [2.05, 4.69) is 53.6 Å². The molecule has 1 aromatic heterocycles. The van der Waals surface area contributed by atoms with Gasteiger partial charge in [0.2, 0.25) is 0 Å². The highest BCUT2D eigenvalue weighted by Crippen LogP contribution is 2.17. The van der Waals surface area contributed by atoms with E-state index in [1.54, 1.807) is 11.3 Å². The van der Waals surface area contributed by atoms with Gasteiger partial charge in [-0.2, -0.15) is 0 Å². The van der Waals surface area contributed by atoms with Gasteiger partial charge >= 0.3 is 0 Å². The van der Waals surface area contributed by atoms with Crippen molar-refractivity contribution in [1.82, 2.24) is 20.9 Å². The van der Waals surface area contributed by atoms with Crippen LogP contribution in [0.4, 0.5) is 0 Å². The third-order valence-corrected chi connectivity index (χ3v) is 3.85. The highest BCUT2D eigenvalue weighted by Gasteiger charge is 2.08. The average Bonchev–Trinajstić information content (AvgIpc) is 2.69. The van der Waals surface area contributed by atoms with Crippen LogP contribution in [0.25, 0.3) is 0 Å². The van der Waals surface area contributed by atoms with Gasteiger partial charge in [0.15, 0.2) is 5.96 Å². The van der Waals surface area contributed by atoms with Crippen LogP contribution in [0.1, 0.15) is 43.3 Å². The maximum Gasteiger partial charge on any atom is 0.191 e. The summed E-state index contributed by atoms with van der Waals surface area (Å²) in [4.78, 5) is 10.3. The summed E-state index contributed by atoms with van der Waals surface area (Å²) in [6.45, 7) is 16.0. The minimum absolute atomic E-state index is 0.147. The summed E-state index contributed by atoms with van der Waals surface area (Å²) in [5.41, 5.74) is 1.24. The second-order valence-electron chi connectivity index (χ2n) is 6.04. The van der Waals surface area contributed by atoms with Crippen LogP contribution in [-0.2, 0) is 6.54 Å². The Bertz CT molecular complexity index is 459. The number of aromatic nitrogens is 1. The fraction of sp³-hybridized carbons (Fsp3) is 0.733. The molecule has 0 spiro atoms. The van der Waals surface area contributed by atoms with E-state index in [1.165, 1.54) is 4.88 Å². The van der Waals surface area contributed by atoms with Gasteiger partial charge < -0.3 is 16.0 Å². The van der Waals surface area contributed by atoms with E-state index in [-0.39, 0.29) is 5.54 Å². The molecule has 5 nitrogen and oxygen atoms in total. The van der Waals surface area contributed by atoms with Gasteiger partial charge in [0.05, 0.1) is 17.2 Å². The van der Waals surface area contributed by atoms with Crippen molar-refractivity contribution in [1.29, 1.82) is 0 Å². The summed E-state index contributed by atoms with van der Waals surface area (Å²) in [5, 5.41) is 11.2. The predicted molar refractivity (Wildman–Crippen MR) is 92.2 cm³/mol. The lowest BCUT2D eigenvalue weighted by Crippen LogP contribution is -2.44. The summed E-state index contributed by atoms with van der Waals surface area (Å²) in [7, 11) is 0. The van der Waals surface area contributed by atoms with Crippen molar-refractivity contribution in [2.24, 2.45) is 4.99 Å². The van der Waals surface area contributed by atoms with Gasteiger partial charge in [-0.25, -0.2) is 9.98 Å². The van der Waals surface area contributed by atoms with Crippen LogP contribution in [-0.4, -0.2) is 36.1 Å². The predicted octanol–water partition coefficient (Wildman–Crippen LogP) is 2.20. The molecule has 0 saturated carbocycles. The molecule has 0 fully saturated rings. The van der Waals surface area contributed by atoms with E-state index < -0.39 is 0 Å². The first-order valence-corrected chi connectivity index (χ1v) is 8.33. The molecular formula is C15H29N5S. The molecule has 0 radical (unpaired) electrons. The van der Waals surface area contributed by atoms with E-state index in [0.717, 1.165) is 36.3 Å². The van der Waals surface area contributed by atoms with E-state index in [0.29, 0.717) is 6.54 Å². The summed E-state index contributed by atoms with van der Waals surface area (Å²) >= 11 is 1.72. The normalized spacial score (nSPS) is 12.6. The first kappa shape index (κ1) is 17.9. The molecule has 6 heteroatoms. The van der Waals surface area contributed by atoms with Gasteiger partial charge in [-0.3, -0.25) is 0 Å². The molecule has 0 aromatic carbocycles. The zero-order valence-electron chi connectivity index (χ0n) is 14.1. The van der Waals surface area contributed by atoms with Crippen molar-refractivity contribution < 1.29 is 0 Å². The fourth-order valence-corrected chi connectivity index (χ4v) is 2.69. The van der Waals surface area contributed by atoms with E-state index >= 15 is 0 Å². The molecule has 3 N–H and O–H groups in total. The topological polar surface area (TPSA) is 61.3 Å². The number of guanidine groups is 1. The van der Waals surface area contributed by atoms with E-state index in [1.807, 2.05) is 13.8 Å². The van der Waals surface area contributed by atoms with Crippen LogP contribution in [0.2, 0.25) is 0 Å². The van der Waals surface area contributed by atoms with Crippen molar-refractivity contribution in [3.05, 3.63) is 15.6 Å². The van der Waals surface area contributed by atoms with Gasteiger partial charge in [0.1, 0.15) is 0 Å². The van der Waals surface area contributed by atoms with Crippen molar-refractivity contribution in [2.75, 3.05) is 19.6 Å². The van der Waals surface area contributed by atoms with Crippen molar-refractivity contribution >= 4 is 17.3 Å². The third-order valence-electron chi connectivity index (χ3n) is 2.80. The molecule has 1 heterocycles. The van der Waals surface area contributed by atoms with Crippen LogP contribution in [0.3, 0.4) is 0 Å². The van der Waals surface area contributed by atoms with Crippen LogP contribution >= 0.6 is 11.3 Å². The van der Waals surface area contributed by atoms with Gasteiger partial charge in [0, 0.05) is 30.1 Å². The number of aryl methyl sites for hydroxylation is 2. The minimum atomic E-state index is 0.147. The Morgan fingerprint density at radius 1 is 1.19 bits per heavy atom. The van der Waals surface area contributed by atoms with Crippen molar-refractivity contribution in [3.63, 3.8) is 0 Å². The molecule has 120 valence electrons. The van der Waals surface area contributed by atoms with Gasteiger partial charge in [-0.05, 0) is 41.5 Å². The summed E-state index contributed by atoms with van der Waals surface area (Å²) in [6, 6.07) is 0. The van der Waals surface area contributed by atoms with Crippen molar-refractivity contribution in [2.45, 2.75) is 53.6 Å². The number of nitrogens with zero attached hydrogens (tertiary/aromatic N) is 2. The Morgan fingerprint density at radius 3 is 2.43 bits per heavy atom. The standard InChI is InChI=1S/C15H29N5S/c1-7-16-14(17-8-9-19-15(4,5)6)18-10-13-11(2)20-12(3)21-13/h19H,7-10H2,1-6H3,(H2,16,17,18). The first-order chi connectivity index (χ1) is 9.81. The zero-order valence-corrected chi connectivity index (χ0v) is 14.9. The van der Waals surface area contributed by atoms with E-state index in [9.17, 15) is 0 Å². The number of nitrogens with one attached hydrogen (secondary N) is 3. The molecule has 0 saturated heterocycles. The Labute approximate surface area is 132 Å². The van der Waals surface area contributed by atoms with Crippen LogP contribution in [0.15, 0.2) is 4.99 Å². The quantitative estimate of drug-likeness (QED) is 0.428. The van der Waals surface area contributed by atoms with Gasteiger partial charge in [0.25, 0.3) is 0 Å². The summed E-state index contributed by atoms with van der Waals surface area (Å²) < 4.78 is 0. The minimum Gasteiger partial charge on any atom is -0.357 e. The lowest BCUT2D eigenvalue weighted by molar-refractivity contribution is 0.428.